The van der Waals surface area contributed by atoms with Gasteiger partial charge in [-0.15, -0.1) is 0 Å². The van der Waals surface area contributed by atoms with Gasteiger partial charge in [0, 0.05) is 18.7 Å². The first-order valence-electron chi connectivity index (χ1n) is 5.90. The lowest BCUT2D eigenvalue weighted by molar-refractivity contribution is 0.409. The van der Waals surface area contributed by atoms with Gasteiger partial charge in [0.1, 0.15) is 5.75 Å². The first kappa shape index (κ1) is 16.3. The number of methoxy groups -OCH3 is 1. The number of rotatable bonds is 8. The number of benzene rings is 1. The molecule has 108 valence electrons. The van der Waals surface area contributed by atoms with Gasteiger partial charge in [-0.25, -0.2) is 13.1 Å². The van der Waals surface area contributed by atoms with Crippen LogP contribution < -0.4 is 15.2 Å². The van der Waals surface area contributed by atoms with E-state index in [4.69, 9.17) is 10.5 Å². The van der Waals surface area contributed by atoms with Crippen LogP contribution in [0.25, 0.3) is 0 Å². The molecule has 0 radical (unpaired) electrons. The van der Waals surface area contributed by atoms with E-state index in [1.54, 1.807) is 23.9 Å². The zero-order chi connectivity index (χ0) is 14.3. The number of ether oxygens (including phenoxy) is 1. The van der Waals surface area contributed by atoms with Gasteiger partial charge in [0.05, 0.1) is 12.0 Å². The third-order valence-corrected chi connectivity index (χ3v) is 4.76. The smallest absolute Gasteiger partial charge is 0.240 e. The highest BCUT2D eigenvalue weighted by atomic mass is 32.2. The number of hydrogen-bond acceptors (Lipinski definition) is 5. The van der Waals surface area contributed by atoms with Crippen molar-refractivity contribution in [3.05, 3.63) is 23.8 Å². The molecule has 0 aliphatic heterocycles. The molecule has 1 rings (SSSR count). The lowest BCUT2D eigenvalue weighted by Crippen LogP contribution is -2.25. The molecular formula is C12H20N2O3S2. The lowest BCUT2D eigenvalue weighted by Gasteiger charge is -2.10. The molecule has 7 heteroatoms. The SMILES string of the molecule is COc1ccc(S(=O)(=O)NCCCSC)cc1CN. The van der Waals surface area contributed by atoms with Gasteiger partial charge in [-0.3, -0.25) is 0 Å². The summed E-state index contributed by atoms with van der Waals surface area (Å²) in [7, 11) is -1.94. The van der Waals surface area contributed by atoms with Gasteiger partial charge in [0.25, 0.3) is 0 Å². The van der Waals surface area contributed by atoms with Gasteiger partial charge in [-0.05, 0) is 36.6 Å². The first-order valence-corrected chi connectivity index (χ1v) is 8.78. The van der Waals surface area contributed by atoms with Crippen molar-refractivity contribution in [2.24, 2.45) is 5.73 Å². The molecule has 0 aliphatic rings. The monoisotopic (exact) mass is 304 g/mol. The maximum atomic E-state index is 12.1. The molecule has 0 heterocycles. The maximum Gasteiger partial charge on any atom is 0.240 e. The molecule has 3 N–H and O–H groups in total. The summed E-state index contributed by atoms with van der Waals surface area (Å²) in [5.74, 6) is 1.53. The lowest BCUT2D eigenvalue weighted by atomic mass is 10.2. The molecule has 5 nitrogen and oxygen atoms in total. The van der Waals surface area contributed by atoms with Crippen molar-refractivity contribution >= 4 is 21.8 Å². The van der Waals surface area contributed by atoms with E-state index < -0.39 is 10.0 Å². The van der Waals surface area contributed by atoms with Crippen molar-refractivity contribution in [2.75, 3.05) is 25.7 Å². The predicted octanol–water partition coefficient (Wildman–Crippen LogP) is 1.19. The fourth-order valence-electron chi connectivity index (χ4n) is 1.59. The molecule has 0 aliphatic carbocycles. The Morgan fingerprint density at radius 3 is 2.74 bits per heavy atom. The summed E-state index contributed by atoms with van der Waals surface area (Å²) in [6.45, 7) is 0.673. The van der Waals surface area contributed by atoms with Crippen LogP contribution in [0.3, 0.4) is 0 Å². The molecule has 0 spiro atoms. The second-order valence-corrected chi connectivity index (χ2v) is 6.67. The maximum absolute atomic E-state index is 12.1. The number of thioether (sulfide) groups is 1. The fraction of sp³-hybridized carbons (Fsp3) is 0.500. The average Bonchev–Trinajstić information content (AvgIpc) is 2.42. The van der Waals surface area contributed by atoms with Crippen molar-refractivity contribution in [1.29, 1.82) is 0 Å². The highest BCUT2D eigenvalue weighted by Crippen LogP contribution is 2.21. The first-order chi connectivity index (χ1) is 9.05. The fourth-order valence-corrected chi connectivity index (χ4v) is 3.15. The Bertz CT molecular complexity index is 504. The van der Waals surface area contributed by atoms with E-state index in [-0.39, 0.29) is 11.4 Å². The van der Waals surface area contributed by atoms with E-state index >= 15 is 0 Å². The molecule has 1 aromatic rings. The van der Waals surface area contributed by atoms with Crippen LogP contribution in [-0.2, 0) is 16.6 Å². The molecule has 0 unspecified atom stereocenters. The quantitative estimate of drug-likeness (QED) is 0.705. The summed E-state index contributed by atoms with van der Waals surface area (Å²) in [5.41, 5.74) is 6.26. The van der Waals surface area contributed by atoms with Gasteiger partial charge < -0.3 is 10.5 Å². The topological polar surface area (TPSA) is 81.4 Å². The van der Waals surface area contributed by atoms with E-state index in [1.807, 2.05) is 6.26 Å². The zero-order valence-corrected chi connectivity index (χ0v) is 12.8. The van der Waals surface area contributed by atoms with Crippen LogP contribution in [-0.4, -0.2) is 34.1 Å². The molecule has 0 saturated heterocycles. The van der Waals surface area contributed by atoms with E-state index in [1.165, 1.54) is 13.2 Å². The highest BCUT2D eigenvalue weighted by Gasteiger charge is 2.15. The second kappa shape index (κ2) is 7.74. The Kier molecular flexibility index (Phi) is 6.64. The Morgan fingerprint density at radius 2 is 2.16 bits per heavy atom. The van der Waals surface area contributed by atoms with Crippen LogP contribution in [0.15, 0.2) is 23.1 Å². The van der Waals surface area contributed by atoms with Crippen LogP contribution >= 0.6 is 11.8 Å². The van der Waals surface area contributed by atoms with Crippen molar-refractivity contribution in [2.45, 2.75) is 17.9 Å². The second-order valence-electron chi connectivity index (χ2n) is 3.92. The summed E-state index contributed by atoms with van der Waals surface area (Å²) < 4.78 is 31.8. The minimum absolute atomic E-state index is 0.220. The normalized spacial score (nSPS) is 11.5. The van der Waals surface area contributed by atoms with E-state index in [9.17, 15) is 8.42 Å². The van der Waals surface area contributed by atoms with Gasteiger partial charge in [0.15, 0.2) is 0 Å². The summed E-state index contributed by atoms with van der Waals surface area (Å²) >= 11 is 1.69. The molecule has 0 amide bonds. The van der Waals surface area contributed by atoms with E-state index in [2.05, 4.69) is 4.72 Å². The molecule has 19 heavy (non-hydrogen) atoms. The van der Waals surface area contributed by atoms with Crippen LogP contribution in [0.2, 0.25) is 0 Å². The zero-order valence-electron chi connectivity index (χ0n) is 11.2. The molecule has 1 aromatic carbocycles. The Hall–Kier alpha value is -0.760. The number of hydrogen-bond donors (Lipinski definition) is 2. The van der Waals surface area contributed by atoms with Crippen LogP contribution in [0.5, 0.6) is 5.75 Å². The van der Waals surface area contributed by atoms with Crippen LogP contribution in [0.4, 0.5) is 0 Å². The Morgan fingerprint density at radius 1 is 1.42 bits per heavy atom. The van der Waals surface area contributed by atoms with Crippen molar-refractivity contribution in [1.82, 2.24) is 4.72 Å². The molecule has 0 aromatic heterocycles. The third kappa shape index (κ3) is 4.68. The number of nitrogens with one attached hydrogen (secondary N) is 1. The molecule has 0 saturated carbocycles. The molecular weight excluding hydrogens is 284 g/mol. The molecule has 0 bridgehead atoms. The summed E-state index contributed by atoms with van der Waals surface area (Å²) in [6.07, 6.45) is 2.80. The van der Waals surface area contributed by atoms with Gasteiger partial charge in [0.2, 0.25) is 10.0 Å². The molecule has 0 fully saturated rings. The largest absolute Gasteiger partial charge is 0.496 e. The van der Waals surface area contributed by atoms with Gasteiger partial charge in [-0.1, -0.05) is 0 Å². The minimum Gasteiger partial charge on any atom is -0.496 e. The van der Waals surface area contributed by atoms with Crippen molar-refractivity contribution in [3.63, 3.8) is 0 Å². The Balaban J connectivity index is 2.83. The van der Waals surface area contributed by atoms with E-state index in [0.29, 0.717) is 17.9 Å². The summed E-state index contributed by atoms with van der Waals surface area (Å²) in [5, 5.41) is 0. The standard InChI is InChI=1S/C12H20N2O3S2/c1-17-12-5-4-11(8-10(12)9-13)19(15,16)14-6-3-7-18-2/h4-5,8,14H,3,6-7,9,13H2,1-2H3. The van der Waals surface area contributed by atoms with Gasteiger partial charge >= 0.3 is 0 Å². The van der Waals surface area contributed by atoms with Crippen molar-refractivity contribution in [3.8, 4) is 5.75 Å². The number of sulfonamides is 1. The van der Waals surface area contributed by atoms with E-state index in [0.717, 1.165) is 12.2 Å². The third-order valence-electron chi connectivity index (χ3n) is 2.60. The highest BCUT2D eigenvalue weighted by molar-refractivity contribution is 7.98. The number of nitrogens with two attached hydrogens (primary N) is 1. The van der Waals surface area contributed by atoms with Crippen molar-refractivity contribution < 1.29 is 13.2 Å². The average molecular weight is 304 g/mol. The summed E-state index contributed by atoms with van der Waals surface area (Å²) in [4.78, 5) is 0.220. The molecule has 0 atom stereocenters. The van der Waals surface area contributed by atoms with Crippen LogP contribution in [0.1, 0.15) is 12.0 Å². The van der Waals surface area contributed by atoms with Gasteiger partial charge in [-0.2, -0.15) is 11.8 Å². The predicted molar refractivity (Wildman–Crippen MR) is 79.1 cm³/mol. The Labute approximate surface area is 119 Å². The minimum atomic E-state index is -3.47. The summed E-state index contributed by atoms with van der Waals surface area (Å²) in [6, 6.07) is 4.70. The van der Waals surface area contributed by atoms with Crippen LogP contribution in [0, 0.1) is 0 Å².